The molecule has 2 heterocycles. The molecule has 2 saturated heterocycles. The van der Waals surface area contributed by atoms with E-state index in [1.807, 2.05) is 37.3 Å². The van der Waals surface area contributed by atoms with Gasteiger partial charge in [0.05, 0.1) is 25.4 Å². The number of amides is 2. The van der Waals surface area contributed by atoms with E-state index >= 15 is 0 Å². The van der Waals surface area contributed by atoms with Crippen LogP contribution in [0.4, 0.5) is 10.5 Å². The number of benzene rings is 2. The maximum atomic E-state index is 12.3. The van der Waals surface area contributed by atoms with Crippen molar-refractivity contribution in [2.75, 3.05) is 18.5 Å². The van der Waals surface area contributed by atoms with Crippen LogP contribution in [-0.2, 0) is 15.9 Å². The quantitative estimate of drug-likeness (QED) is 0.851. The summed E-state index contributed by atoms with van der Waals surface area (Å²) in [7, 11) is 0. The zero-order valence-corrected chi connectivity index (χ0v) is 15.6. The highest BCUT2D eigenvalue weighted by atomic mass is 16.6. The molecule has 0 saturated carbocycles. The molecule has 0 bridgehead atoms. The second-order valence-electron chi connectivity index (χ2n) is 7.45. The van der Waals surface area contributed by atoms with Crippen molar-refractivity contribution in [1.82, 2.24) is 5.32 Å². The number of urea groups is 1. The molecule has 4 rings (SSSR count). The maximum absolute atomic E-state index is 12.3. The third-order valence-electron chi connectivity index (χ3n) is 5.40. The van der Waals surface area contributed by atoms with Gasteiger partial charge in [0.25, 0.3) is 0 Å². The number of aryl methyl sites for hydroxylation is 2. The van der Waals surface area contributed by atoms with E-state index in [2.05, 4.69) is 34.9 Å². The first-order valence-corrected chi connectivity index (χ1v) is 9.60. The van der Waals surface area contributed by atoms with Crippen molar-refractivity contribution in [2.45, 2.75) is 38.0 Å². The van der Waals surface area contributed by atoms with Gasteiger partial charge in [0.15, 0.2) is 0 Å². The fourth-order valence-electron chi connectivity index (χ4n) is 4.00. The molecule has 142 valence electrons. The second kappa shape index (κ2) is 8.11. The van der Waals surface area contributed by atoms with Crippen molar-refractivity contribution in [3.8, 4) is 0 Å². The van der Waals surface area contributed by atoms with E-state index in [1.165, 1.54) is 5.56 Å². The van der Waals surface area contributed by atoms with Crippen LogP contribution >= 0.6 is 0 Å². The standard InChI is InChI=1S/C22H26N2O3/c1-15-6-5-9-18(12-15)23-22(25)24-19-14-27-20-17(13-26-21(19)20)11-10-16-7-3-2-4-8-16/h2-9,12,17,19-21H,10-11,13-14H2,1H3,(H2,23,24,25)/t17-,19+,20+,21-/m1/s1. The summed E-state index contributed by atoms with van der Waals surface area (Å²) in [4.78, 5) is 12.3. The Bertz CT molecular complexity index is 780. The van der Waals surface area contributed by atoms with Crippen LogP contribution in [-0.4, -0.2) is 37.5 Å². The van der Waals surface area contributed by atoms with Crippen LogP contribution in [0.5, 0.6) is 0 Å². The zero-order valence-electron chi connectivity index (χ0n) is 15.6. The molecule has 0 aliphatic carbocycles. The monoisotopic (exact) mass is 366 g/mol. The van der Waals surface area contributed by atoms with Crippen LogP contribution in [0, 0.1) is 12.8 Å². The van der Waals surface area contributed by atoms with Crippen molar-refractivity contribution >= 4 is 11.7 Å². The number of carbonyl (C=O) groups is 1. The molecule has 2 N–H and O–H groups in total. The molecular formula is C22H26N2O3. The number of carbonyl (C=O) groups excluding carboxylic acids is 1. The third kappa shape index (κ3) is 4.31. The molecule has 27 heavy (non-hydrogen) atoms. The van der Waals surface area contributed by atoms with Crippen molar-refractivity contribution in [3.63, 3.8) is 0 Å². The smallest absolute Gasteiger partial charge is 0.319 e. The Balaban J connectivity index is 1.29. The van der Waals surface area contributed by atoms with Gasteiger partial charge in [-0.15, -0.1) is 0 Å². The molecule has 2 aromatic carbocycles. The second-order valence-corrected chi connectivity index (χ2v) is 7.45. The molecule has 4 atom stereocenters. The molecule has 0 radical (unpaired) electrons. The van der Waals surface area contributed by atoms with Gasteiger partial charge in [-0.05, 0) is 43.0 Å². The summed E-state index contributed by atoms with van der Waals surface area (Å²) in [5.41, 5.74) is 3.24. The lowest BCUT2D eigenvalue weighted by molar-refractivity contribution is 0.0615. The van der Waals surface area contributed by atoms with E-state index in [-0.39, 0.29) is 24.3 Å². The molecule has 0 spiro atoms. The molecule has 2 aliphatic heterocycles. The topological polar surface area (TPSA) is 59.6 Å². The van der Waals surface area contributed by atoms with Gasteiger partial charge < -0.3 is 20.1 Å². The average molecular weight is 366 g/mol. The third-order valence-corrected chi connectivity index (χ3v) is 5.40. The van der Waals surface area contributed by atoms with E-state index in [1.54, 1.807) is 0 Å². The minimum atomic E-state index is -0.216. The van der Waals surface area contributed by atoms with Gasteiger partial charge >= 0.3 is 6.03 Å². The highest BCUT2D eigenvalue weighted by molar-refractivity contribution is 5.89. The number of anilines is 1. The SMILES string of the molecule is Cc1cccc(NC(=O)N[C@H]2CO[C@H]3[C@H](CCc4ccccc4)CO[C@@H]32)c1. The van der Waals surface area contributed by atoms with Crippen molar-refractivity contribution < 1.29 is 14.3 Å². The Morgan fingerprint density at radius 3 is 2.67 bits per heavy atom. The van der Waals surface area contributed by atoms with Crippen molar-refractivity contribution in [1.29, 1.82) is 0 Å². The Morgan fingerprint density at radius 2 is 1.85 bits per heavy atom. The molecule has 2 amide bonds. The number of rotatable bonds is 5. The summed E-state index contributed by atoms with van der Waals surface area (Å²) in [6.07, 6.45) is 2.06. The highest BCUT2D eigenvalue weighted by Gasteiger charge is 2.47. The average Bonchev–Trinajstić information content (AvgIpc) is 3.24. The van der Waals surface area contributed by atoms with Crippen LogP contribution < -0.4 is 10.6 Å². The summed E-state index contributed by atoms with van der Waals surface area (Å²) in [5, 5.41) is 5.90. The molecule has 5 heteroatoms. The lowest BCUT2D eigenvalue weighted by Gasteiger charge is -2.18. The predicted octanol–water partition coefficient (Wildman–Crippen LogP) is 3.53. The van der Waals surface area contributed by atoms with Gasteiger partial charge in [-0.2, -0.15) is 0 Å². The van der Waals surface area contributed by atoms with E-state index in [0.29, 0.717) is 19.1 Å². The Kier molecular flexibility index (Phi) is 5.41. The fraction of sp³-hybridized carbons (Fsp3) is 0.409. The summed E-state index contributed by atoms with van der Waals surface area (Å²) < 4.78 is 12.0. The van der Waals surface area contributed by atoms with Crippen LogP contribution in [0.1, 0.15) is 17.5 Å². The number of fused-ring (bicyclic) bond motifs is 1. The molecule has 0 aromatic heterocycles. The fourth-order valence-corrected chi connectivity index (χ4v) is 4.00. The van der Waals surface area contributed by atoms with Crippen molar-refractivity contribution in [2.24, 2.45) is 5.92 Å². The summed E-state index contributed by atoms with van der Waals surface area (Å²) >= 11 is 0. The largest absolute Gasteiger partial charge is 0.373 e. The summed E-state index contributed by atoms with van der Waals surface area (Å²) in [6, 6.07) is 17.9. The van der Waals surface area contributed by atoms with Crippen LogP contribution in [0.25, 0.3) is 0 Å². The Morgan fingerprint density at radius 1 is 1.04 bits per heavy atom. The predicted molar refractivity (Wildman–Crippen MR) is 105 cm³/mol. The first kappa shape index (κ1) is 18.0. The normalized spacial score (nSPS) is 26.6. The molecular weight excluding hydrogens is 340 g/mol. The molecule has 5 nitrogen and oxygen atoms in total. The summed E-state index contributed by atoms with van der Waals surface area (Å²) in [6.45, 7) is 3.19. The highest BCUT2D eigenvalue weighted by Crippen LogP contribution is 2.33. The van der Waals surface area contributed by atoms with Gasteiger partial charge in [-0.25, -0.2) is 4.79 Å². The first-order chi connectivity index (χ1) is 13.2. The van der Waals surface area contributed by atoms with E-state index < -0.39 is 0 Å². The summed E-state index contributed by atoms with van der Waals surface area (Å²) in [5.74, 6) is 0.377. The van der Waals surface area contributed by atoms with Gasteiger partial charge in [0, 0.05) is 11.6 Å². The minimum Gasteiger partial charge on any atom is -0.373 e. The van der Waals surface area contributed by atoms with E-state index in [9.17, 15) is 4.79 Å². The lowest BCUT2D eigenvalue weighted by atomic mass is 9.93. The molecule has 2 aromatic rings. The van der Waals surface area contributed by atoms with E-state index in [0.717, 1.165) is 24.1 Å². The lowest BCUT2D eigenvalue weighted by Crippen LogP contribution is -2.45. The molecule has 2 fully saturated rings. The van der Waals surface area contributed by atoms with Gasteiger partial charge in [0.1, 0.15) is 6.10 Å². The van der Waals surface area contributed by atoms with Crippen molar-refractivity contribution in [3.05, 3.63) is 65.7 Å². The minimum absolute atomic E-state index is 0.0611. The Labute approximate surface area is 160 Å². The Hall–Kier alpha value is -2.37. The van der Waals surface area contributed by atoms with Gasteiger partial charge in [-0.3, -0.25) is 0 Å². The van der Waals surface area contributed by atoms with Crippen LogP contribution in [0.2, 0.25) is 0 Å². The molecule has 0 unspecified atom stereocenters. The van der Waals surface area contributed by atoms with Gasteiger partial charge in [0.2, 0.25) is 0 Å². The van der Waals surface area contributed by atoms with E-state index in [4.69, 9.17) is 9.47 Å². The zero-order chi connectivity index (χ0) is 18.6. The van der Waals surface area contributed by atoms with Crippen LogP contribution in [0.3, 0.4) is 0 Å². The number of hydrogen-bond donors (Lipinski definition) is 2. The first-order valence-electron chi connectivity index (χ1n) is 9.60. The molecule has 2 aliphatic rings. The maximum Gasteiger partial charge on any atom is 0.319 e. The number of ether oxygens (including phenoxy) is 2. The number of nitrogens with one attached hydrogen (secondary N) is 2. The van der Waals surface area contributed by atoms with Crippen LogP contribution in [0.15, 0.2) is 54.6 Å². The number of hydrogen-bond acceptors (Lipinski definition) is 3. The van der Waals surface area contributed by atoms with Gasteiger partial charge in [-0.1, -0.05) is 42.5 Å².